The molecule has 2 heterocycles. The lowest BCUT2D eigenvalue weighted by atomic mass is 10.0. The molecule has 0 aromatic carbocycles. The summed E-state index contributed by atoms with van der Waals surface area (Å²) in [5.41, 5.74) is 0. The first-order valence-corrected chi connectivity index (χ1v) is 5.81. The second-order valence-electron chi connectivity index (χ2n) is 4.53. The van der Waals surface area contributed by atoms with E-state index < -0.39 is 0 Å². The zero-order valence-electron chi connectivity index (χ0n) is 9.49. The van der Waals surface area contributed by atoms with Gasteiger partial charge in [-0.3, -0.25) is 0 Å². The number of hydrogen-bond acceptors (Lipinski definition) is 4. The Morgan fingerprint density at radius 2 is 2.20 bits per heavy atom. The predicted molar refractivity (Wildman–Crippen MR) is 57.8 cm³/mol. The SMILES string of the molecule is CC(C)c1nnc(C2CCCCNC2)o1. The van der Waals surface area contributed by atoms with Gasteiger partial charge in [0.2, 0.25) is 11.8 Å². The number of nitrogens with one attached hydrogen (secondary N) is 1. The molecule has 0 bridgehead atoms. The summed E-state index contributed by atoms with van der Waals surface area (Å²) in [6.07, 6.45) is 3.66. The fourth-order valence-electron chi connectivity index (χ4n) is 1.87. The molecule has 1 aliphatic rings. The first-order valence-electron chi connectivity index (χ1n) is 5.81. The molecular formula is C11H19N3O. The van der Waals surface area contributed by atoms with Gasteiger partial charge in [-0.25, -0.2) is 0 Å². The molecule has 1 aromatic rings. The molecule has 0 radical (unpaired) electrons. The highest BCUT2D eigenvalue weighted by atomic mass is 16.4. The minimum atomic E-state index is 0.324. The van der Waals surface area contributed by atoms with E-state index in [1.807, 2.05) is 0 Å². The van der Waals surface area contributed by atoms with E-state index >= 15 is 0 Å². The Labute approximate surface area is 90.5 Å². The van der Waals surface area contributed by atoms with Crippen molar-refractivity contribution in [2.24, 2.45) is 0 Å². The minimum absolute atomic E-state index is 0.324. The molecule has 4 nitrogen and oxygen atoms in total. The fourth-order valence-corrected chi connectivity index (χ4v) is 1.87. The van der Waals surface area contributed by atoms with E-state index in [0.717, 1.165) is 31.3 Å². The molecule has 1 N–H and O–H groups in total. The Hall–Kier alpha value is -0.900. The molecule has 0 saturated carbocycles. The molecule has 0 aliphatic carbocycles. The summed E-state index contributed by atoms with van der Waals surface area (Å²) in [5.74, 6) is 2.31. The standard InChI is InChI=1S/C11H19N3O/c1-8(2)10-13-14-11(15-10)9-5-3-4-6-12-7-9/h8-9,12H,3-7H2,1-2H3. The lowest BCUT2D eigenvalue weighted by Crippen LogP contribution is -2.19. The summed E-state index contributed by atoms with van der Waals surface area (Å²) in [7, 11) is 0. The van der Waals surface area contributed by atoms with E-state index in [9.17, 15) is 0 Å². The van der Waals surface area contributed by atoms with Crippen molar-refractivity contribution in [2.75, 3.05) is 13.1 Å². The van der Waals surface area contributed by atoms with Crippen LogP contribution in [0.2, 0.25) is 0 Å². The normalized spacial score (nSPS) is 23.0. The summed E-state index contributed by atoms with van der Waals surface area (Å²) in [4.78, 5) is 0. The fraction of sp³-hybridized carbons (Fsp3) is 0.818. The van der Waals surface area contributed by atoms with Gasteiger partial charge in [0.1, 0.15) is 0 Å². The first kappa shape index (κ1) is 10.6. The maximum atomic E-state index is 5.68. The van der Waals surface area contributed by atoms with Crippen molar-refractivity contribution >= 4 is 0 Å². The first-order chi connectivity index (χ1) is 7.27. The highest BCUT2D eigenvalue weighted by molar-refractivity contribution is 4.95. The van der Waals surface area contributed by atoms with Crippen molar-refractivity contribution in [2.45, 2.75) is 44.9 Å². The van der Waals surface area contributed by atoms with Gasteiger partial charge in [-0.2, -0.15) is 0 Å². The average molecular weight is 209 g/mol. The van der Waals surface area contributed by atoms with E-state index in [-0.39, 0.29) is 0 Å². The van der Waals surface area contributed by atoms with Crippen LogP contribution >= 0.6 is 0 Å². The van der Waals surface area contributed by atoms with E-state index in [4.69, 9.17) is 4.42 Å². The monoisotopic (exact) mass is 209 g/mol. The van der Waals surface area contributed by atoms with Crippen molar-refractivity contribution in [1.29, 1.82) is 0 Å². The second kappa shape index (κ2) is 4.75. The molecule has 0 amide bonds. The van der Waals surface area contributed by atoms with Crippen LogP contribution in [-0.4, -0.2) is 23.3 Å². The van der Waals surface area contributed by atoms with Gasteiger partial charge in [0.05, 0.1) is 0 Å². The quantitative estimate of drug-likeness (QED) is 0.810. The van der Waals surface area contributed by atoms with Crippen molar-refractivity contribution in [3.05, 3.63) is 11.8 Å². The van der Waals surface area contributed by atoms with Gasteiger partial charge < -0.3 is 9.73 Å². The molecule has 0 spiro atoms. The van der Waals surface area contributed by atoms with Gasteiger partial charge >= 0.3 is 0 Å². The van der Waals surface area contributed by atoms with E-state index in [1.54, 1.807) is 0 Å². The predicted octanol–water partition coefficient (Wildman–Crippen LogP) is 2.05. The van der Waals surface area contributed by atoms with Crippen molar-refractivity contribution in [3.63, 3.8) is 0 Å². The van der Waals surface area contributed by atoms with Gasteiger partial charge in [-0.15, -0.1) is 10.2 Å². The van der Waals surface area contributed by atoms with E-state index in [0.29, 0.717) is 11.8 Å². The topological polar surface area (TPSA) is 51.0 Å². The third-order valence-corrected chi connectivity index (χ3v) is 2.85. The van der Waals surface area contributed by atoms with Crippen LogP contribution in [0.5, 0.6) is 0 Å². The van der Waals surface area contributed by atoms with Crippen LogP contribution < -0.4 is 5.32 Å². The van der Waals surface area contributed by atoms with Crippen LogP contribution in [0.1, 0.15) is 56.7 Å². The zero-order valence-corrected chi connectivity index (χ0v) is 9.49. The minimum Gasteiger partial charge on any atom is -0.425 e. The van der Waals surface area contributed by atoms with Crippen LogP contribution in [-0.2, 0) is 0 Å². The third-order valence-electron chi connectivity index (χ3n) is 2.85. The Morgan fingerprint density at radius 3 is 2.93 bits per heavy atom. The van der Waals surface area contributed by atoms with Gasteiger partial charge in [0, 0.05) is 18.4 Å². The molecule has 1 aliphatic heterocycles. The summed E-state index contributed by atoms with van der Waals surface area (Å²) in [6.45, 7) is 6.23. The summed E-state index contributed by atoms with van der Waals surface area (Å²) in [6, 6.07) is 0. The Balaban J connectivity index is 2.06. The largest absolute Gasteiger partial charge is 0.425 e. The molecule has 1 aromatic heterocycles. The lowest BCUT2D eigenvalue weighted by Gasteiger charge is -2.08. The van der Waals surface area contributed by atoms with Gasteiger partial charge in [0.25, 0.3) is 0 Å². The summed E-state index contributed by atoms with van der Waals surface area (Å²) in [5, 5.41) is 11.6. The molecule has 15 heavy (non-hydrogen) atoms. The highest BCUT2D eigenvalue weighted by Gasteiger charge is 2.20. The summed E-state index contributed by atoms with van der Waals surface area (Å²) < 4.78 is 5.68. The van der Waals surface area contributed by atoms with Crippen LogP contribution in [0.15, 0.2) is 4.42 Å². The van der Waals surface area contributed by atoms with Gasteiger partial charge in [-0.05, 0) is 19.4 Å². The molecule has 1 atom stereocenters. The van der Waals surface area contributed by atoms with Crippen LogP contribution in [0.3, 0.4) is 0 Å². The Bertz CT molecular complexity index is 301. The smallest absolute Gasteiger partial charge is 0.220 e. The number of nitrogens with zero attached hydrogens (tertiary/aromatic N) is 2. The Kier molecular flexibility index (Phi) is 3.36. The molecular weight excluding hydrogens is 190 g/mol. The molecule has 1 fully saturated rings. The molecule has 1 saturated heterocycles. The maximum Gasteiger partial charge on any atom is 0.220 e. The van der Waals surface area contributed by atoms with E-state index in [2.05, 4.69) is 29.4 Å². The van der Waals surface area contributed by atoms with E-state index in [1.165, 1.54) is 12.8 Å². The van der Waals surface area contributed by atoms with Crippen molar-refractivity contribution in [3.8, 4) is 0 Å². The third kappa shape index (κ3) is 2.56. The van der Waals surface area contributed by atoms with Crippen molar-refractivity contribution in [1.82, 2.24) is 15.5 Å². The Morgan fingerprint density at radius 1 is 1.33 bits per heavy atom. The van der Waals surface area contributed by atoms with Crippen LogP contribution in [0.25, 0.3) is 0 Å². The number of hydrogen-bond donors (Lipinski definition) is 1. The van der Waals surface area contributed by atoms with Crippen molar-refractivity contribution < 1.29 is 4.42 Å². The van der Waals surface area contributed by atoms with Crippen LogP contribution in [0.4, 0.5) is 0 Å². The zero-order chi connectivity index (χ0) is 10.7. The van der Waals surface area contributed by atoms with Crippen LogP contribution in [0, 0.1) is 0 Å². The molecule has 4 heteroatoms. The summed E-state index contributed by atoms with van der Waals surface area (Å²) >= 11 is 0. The average Bonchev–Trinajstić information content (AvgIpc) is 2.55. The number of rotatable bonds is 2. The number of aromatic nitrogens is 2. The maximum absolute atomic E-state index is 5.68. The molecule has 2 rings (SSSR count). The van der Waals surface area contributed by atoms with Gasteiger partial charge in [0.15, 0.2) is 0 Å². The molecule has 1 unspecified atom stereocenters. The highest BCUT2D eigenvalue weighted by Crippen LogP contribution is 2.23. The van der Waals surface area contributed by atoms with Gasteiger partial charge in [-0.1, -0.05) is 20.3 Å². The lowest BCUT2D eigenvalue weighted by molar-refractivity contribution is 0.391. The molecule has 84 valence electrons. The second-order valence-corrected chi connectivity index (χ2v) is 4.53.